The average molecular weight is 367 g/mol. The molecule has 1 amide bonds. The Balaban J connectivity index is 1.39. The second-order valence-corrected chi connectivity index (χ2v) is 6.91. The van der Waals surface area contributed by atoms with Gasteiger partial charge in [0.25, 0.3) is 5.91 Å². The summed E-state index contributed by atoms with van der Waals surface area (Å²) in [6, 6.07) is 9.77. The lowest BCUT2D eigenvalue weighted by Gasteiger charge is -2.36. The van der Waals surface area contributed by atoms with Crippen molar-refractivity contribution in [1.29, 1.82) is 0 Å². The smallest absolute Gasteiger partial charge is 0.272 e. The van der Waals surface area contributed by atoms with Crippen LogP contribution in [0.25, 0.3) is 0 Å². The summed E-state index contributed by atoms with van der Waals surface area (Å²) in [5.74, 6) is 1.52. The summed E-state index contributed by atoms with van der Waals surface area (Å²) in [5, 5.41) is 0. The number of hydrogen-bond donors (Lipinski definition) is 0. The number of methoxy groups -OCH3 is 1. The Morgan fingerprint density at radius 2 is 1.63 bits per heavy atom. The van der Waals surface area contributed by atoms with E-state index in [0.717, 1.165) is 50.5 Å². The maximum absolute atomic E-state index is 12.9. The highest BCUT2D eigenvalue weighted by Gasteiger charge is 2.24. The van der Waals surface area contributed by atoms with Gasteiger partial charge in [0.1, 0.15) is 11.4 Å². The number of nitrogens with zero attached hydrogens (tertiary/aromatic N) is 5. The van der Waals surface area contributed by atoms with Crippen molar-refractivity contribution in [3.63, 3.8) is 0 Å². The highest BCUT2D eigenvalue weighted by atomic mass is 16.5. The standard InChI is InChI=1S/C20H25N5O2/c1-27-17-6-4-16(5-7-17)23-12-14-24(15-13-23)19(26)18-8-9-21-20(22-18)25-10-2-3-11-25/h4-9H,2-3,10-15H2,1H3. The van der Waals surface area contributed by atoms with E-state index in [-0.39, 0.29) is 5.91 Å². The normalized spacial score (nSPS) is 17.3. The van der Waals surface area contributed by atoms with Crippen LogP contribution in [0.2, 0.25) is 0 Å². The Morgan fingerprint density at radius 3 is 2.30 bits per heavy atom. The molecule has 0 N–H and O–H groups in total. The molecule has 2 saturated heterocycles. The minimum Gasteiger partial charge on any atom is -0.497 e. The molecule has 0 atom stereocenters. The summed E-state index contributed by atoms with van der Waals surface area (Å²) in [5.41, 5.74) is 1.64. The van der Waals surface area contributed by atoms with Crippen molar-refractivity contribution in [1.82, 2.24) is 14.9 Å². The predicted molar refractivity (Wildman–Crippen MR) is 105 cm³/mol. The SMILES string of the molecule is COc1ccc(N2CCN(C(=O)c3ccnc(N4CCCC4)n3)CC2)cc1. The molecule has 0 spiro atoms. The number of carbonyl (C=O) groups is 1. The van der Waals surface area contributed by atoms with E-state index in [9.17, 15) is 4.79 Å². The van der Waals surface area contributed by atoms with Crippen molar-refractivity contribution in [2.75, 3.05) is 56.2 Å². The molecule has 7 nitrogen and oxygen atoms in total. The molecule has 27 heavy (non-hydrogen) atoms. The minimum atomic E-state index is -0.00720. The molecule has 2 fully saturated rings. The first-order valence-electron chi connectivity index (χ1n) is 9.51. The van der Waals surface area contributed by atoms with Crippen molar-refractivity contribution in [2.24, 2.45) is 0 Å². The Bertz CT molecular complexity index is 781. The van der Waals surface area contributed by atoms with Gasteiger partial charge >= 0.3 is 0 Å². The predicted octanol–water partition coefficient (Wildman–Crippen LogP) is 2.05. The molecule has 0 radical (unpaired) electrons. The number of carbonyl (C=O) groups excluding carboxylic acids is 1. The van der Waals surface area contributed by atoms with Gasteiger partial charge in [0.2, 0.25) is 5.95 Å². The van der Waals surface area contributed by atoms with Gasteiger partial charge < -0.3 is 19.4 Å². The number of piperazine rings is 1. The van der Waals surface area contributed by atoms with E-state index >= 15 is 0 Å². The van der Waals surface area contributed by atoms with Crippen molar-refractivity contribution in [2.45, 2.75) is 12.8 Å². The molecular formula is C20H25N5O2. The highest BCUT2D eigenvalue weighted by Crippen LogP contribution is 2.21. The summed E-state index contributed by atoms with van der Waals surface area (Å²) in [6.07, 6.45) is 4.02. The monoisotopic (exact) mass is 367 g/mol. The van der Waals surface area contributed by atoms with Gasteiger partial charge in [-0.25, -0.2) is 9.97 Å². The van der Waals surface area contributed by atoms with Gasteiger partial charge in [0.15, 0.2) is 0 Å². The third kappa shape index (κ3) is 3.82. The van der Waals surface area contributed by atoms with Crippen LogP contribution >= 0.6 is 0 Å². The molecule has 2 aliphatic rings. The van der Waals surface area contributed by atoms with Gasteiger partial charge in [0, 0.05) is 51.2 Å². The first-order valence-corrected chi connectivity index (χ1v) is 9.51. The number of hydrogen-bond acceptors (Lipinski definition) is 6. The average Bonchev–Trinajstić information content (AvgIpc) is 3.29. The summed E-state index contributed by atoms with van der Waals surface area (Å²) < 4.78 is 5.21. The molecule has 142 valence electrons. The minimum absolute atomic E-state index is 0.00720. The first-order chi connectivity index (χ1) is 13.2. The van der Waals surface area contributed by atoms with Crippen LogP contribution < -0.4 is 14.5 Å². The first kappa shape index (κ1) is 17.6. The second kappa shape index (κ2) is 7.82. The molecule has 1 aromatic heterocycles. The lowest BCUT2D eigenvalue weighted by Crippen LogP contribution is -2.49. The zero-order valence-electron chi connectivity index (χ0n) is 15.7. The number of rotatable bonds is 4. The van der Waals surface area contributed by atoms with Crippen LogP contribution in [0.4, 0.5) is 11.6 Å². The van der Waals surface area contributed by atoms with Gasteiger partial charge in [0.05, 0.1) is 7.11 Å². The van der Waals surface area contributed by atoms with Gasteiger partial charge in [-0.05, 0) is 43.2 Å². The van der Waals surface area contributed by atoms with E-state index in [2.05, 4.69) is 31.9 Å². The van der Waals surface area contributed by atoms with E-state index in [1.807, 2.05) is 17.0 Å². The summed E-state index contributed by atoms with van der Waals surface area (Å²) in [6.45, 7) is 4.93. The highest BCUT2D eigenvalue weighted by molar-refractivity contribution is 5.92. The van der Waals surface area contributed by atoms with Crippen LogP contribution in [0.5, 0.6) is 5.75 Å². The van der Waals surface area contributed by atoms with Crippen molar-refractivity contribution >= 4 is 17.5 Å². The van der Waals surface area contributed by atoms with E-state index in [1.165, 1.54) is 0 Å². The quantitative estimate of drug-likeness (QED) is 0.824. The van der Waals surface area contributed by atoms with Gasteiger partial charge in [-0.15, -0.1) is 0 Å². The van der Waals surface area contributed by atoms with Gasteiger partial charge in [-0.2, -0.15) is 0 Å². The lowest BCUT2D eigenvalue weighted by atomic mass is 10.2. The summed E-state index contributed by atoms with van der Waals surface area (Å²) >= 11 is 0. The van der Waals surface area contributed by atoms with Crippen LogP contribution in [0, 0.1) is 0 Å². The number of amides is 1. The van der Waals surface area contributed by atoms with Crippen LogP contribution in [0.1, 0.15) is 23.3 Å². The third-order valence-electron chi connectivity index (χ3n) is 5.26. The zero-order valence-corrected chi connectivity index (χ0v) is 15.7. The fourth-order valence-corrected chi connectivity index (χ4v) is 3.66. The third-order valence-corrected chi connectivity index (χ3v) is 5.26. The van der Waals surface area contributed by atoms with Gasteiger partial charge in [-0.1, -0.05) is 0 Å². The van der Waals surface area contributed by atoms with Crippen LogP contribution in [0.3, 0.4) is 0 Å². The Labute approximate surface area is 159 Å². The van der Waals surface area contributed by atoms with E-state index in [0.29, 0.717) is 24.7 Å². The van der Waals surface area contributed by atoms with Crippen molar-refractivity contribution < 1.29 is 9.53 Å². The van der Waals surface area contributed by atoms with Crippen molar-refractivity contribution in [3.05, 3.63) is 42.2 Å². The molecular weight excluding hydrogens is 342 g/mol. The number of benzene rings is 1. The molecule has 0 aliphatic carbocycles. The molecule has 2 aromatic rings. The molecule has 4 rings (SSSR count). The van der Waals surface area contributed by atoms with E-state index in [1.54, 1.807) is 19.4 Å². The molecule has 0 unspecified atom stereocenters. The molecule has 1 aromatic carbocycles. The summed E-state index contributed by atoms with van der Waals surface area (Å²) in [7, 11) is 1.67. The number of anilines is 2. The Morgan fingerprint density at radius 1 is 0.926 bits per heavy atom. The van der Waals surface area contributed by atoms with Gasteiger partial charge in [-0.3, -0.25) is 4.79 Å². The van der Waals surface area contributed by atoms with Crippen LogP contribution in [0.15, 0.2) is 36.5 Å². The fraction of sp³-hybridized carbons (Fsp3) is 0.450. The molecule has 0 saturated carbocycles. The fourth-order valence-electron chi connectivity index (χ4n) is 3.66. The lowest BCUT2D eigenvalue weighted by molar-refractivity contribution is 0.0740. The molecule has 0 bridgehead atoms. The largest absolute Gasteiger partial charge is 0.497 e. The molecule has 3 heterocycles. The maximum Gasteiger partial charge on any atom is 0.272 e. The van der Waals surface area contributed by atoms with E-state index in [4.69, 9.17) is 4.74 Å². The number of ether oxygens (including phenoxy) is 1. The topological polar surface area (TPSA) is 61.8 Å². The second-order valence-electron chi connectivity index (χ2n) is 6.91. The Hall–Kier alpha value is -2.83. The maximum atomic E-state index is 12.9. The molecule has 2 aliphatic heterocycles. The molecule has 7 heteroatoms. The van der Waals surface area contributed by atoms with Crippen LogP contribution in [-0.2, 0) is 0 Å². The van der Waals surface area contributed by atoms with Crippen LogP contribution in [-0.4, -0.2) is 67.2 Å². The summed E-state index contributed by atoms with van der Waals surface area (Å²) in [4.78, 5) is 28.1. The zero-order chi connectivity index (χ0) is 18.6. The van der Waals surface area contributed by atoms with Crippen molar-refractivity contribution in [3.8, 4) is 5.75 Å². The van der Waals surface area contributed by atoms with E-state index < -0.39 is 0 Å². The Kier molecular flexibility index (Phi) is 5.09. The number of aromatic nitrogens is 2.